The maximum Gasteiger partial charge on any atom is 0.251 e. The van der Waals surface area contributed by atoms with Crippen LogP contribution in [0.2, 0.25) is 0 Å². The summed E-state index contributed by atoms with van der Waals surface area (Å²) in [5.41, 5.74) is 3.86. The minimum Gasteiger partial charge on any atom is -0.493 e. The number of carbonyl (C=O) groups is 1. The molecule has 164 valence electrons. The molecule has 32 heavy (non-hydrogen) atoms. The Hall–Kier alpha value is -4.07. The van der Waals surface area contributed by atoms with Gasteiger partial charge in [0.05, 0.1) is 38.1 Å². The van der Waals surface area contributed by atoms with Crippen molar-refractivity contribution in [1.82, 2.24) is 19.9 Å². The van der Waals surface area contributed by atoms with Gasteiger partial charge in [-0.2, -0.15) is 0 Å². The molecule has 0 aliphatic rings. The van der Waals surface area contributed by atoms with Crippen molar-refractivity contribution in [2.24, 2.45) is 0 Å². The molecule has 0 spiro atoms. The first-order valence-corrected chi connectivity index (χ1v) is 10.0. The molecule has 8 heteroatoms. The first-order valence-electron chi connectivity index (χ1n) is 10.0. The second-order valence-electron chi connectivity index (χ2n) is 7.13. The number of ether oxygens (including phenoxy) is 3. The highest BCUT2D eigenvalue weighted by molar-refractivity contribution is 5.97. The van der Waals surface area contributed by atoms with Gasteiger partial charge in [-0.05, 0) is 36.8 Å². The fourth-order valence-corrected chi connectivity index (χ4v) is 3.65. The molecule has 4 aromatic rings. The number of benzene rings is 2. The van der Waals surface area contributed by atoms with Crippen LogP contribution in [0.4, 0.5) is 0 Å². The van der Waals surface area contributed by atoms with E-state index in [-0.39, 0.29) is 5.91 Å². The number of aromatic nitrogens is 3. The van der Waals surface area contributed by atoms with Gasteiger partial charge in [0.2, 0.25) is 5.75 Å². The Morgan fingerprint density at radius 3 is 2.41 bits per heavy atom. The number of hydrogen-bond acceptors (Lipinski definition) is 6. The van der Waals surface area contributed by atoms with Gasteiger partial charge in [0, 0.05) is 36.6 Å². The Kier molecular flexibility index (Phi) is 5.93. The average molecular weight is 432 g/mol. The summed E-state index contributed by atoms with van der Waals surface area (Å²) in [5, 5.41) is 2.92. The van der Waals surface area contributed by atoms with Crippen molar-refractivity contribution in [1.29, 1.82) is 0 Å². The molecule has 0 aliphatic carbocycles. The topological polar surface area (TPSA) is 87.5 Å². The van der Waals surface area contributed by atoms with Gasteiger partial charge in [0.15, 0.2) is 11.5 Å². The van der Waals surface area contributed by atoms with Crippen molar-refractivity contribution in [3.8, 4) is 22.9 Å². The van der Waals surface area contributed by atoms with Crippen LogP contribution in [0.3, 0.4) is 0 Å². The number of rotatable bonds is 7. The lowest BCUT2D eigenvalue weighted by Gasteiger charge is -2.15. The fraction of sp³-hybridized carbons (Fsp3) is 0.208. The number of nitrogens with zero attached hydrogens (tertiary/aromatic N) is 3. The van der Waals surface area contributed by atoms with Gasteiger partial charge < -0.3 is 19.5 Å². The van der Waals surface area contributed by atoms with E-state index < -0.39 is 0 Å². The van der Waals surface area contributed by atoms with Crippen LogP contribution in [0.25, 0.3) is 16.7 Å². The summed E-state index contributed by atoms with van der Waals surface area (Å²) in [7, 11) is 4.73. The zero-order valence-corrected chi connectivity index (χ0v) is 18.4. The molecule has 2 heterocycles. The molecular weight excluding hydrogens is 408 g/mol. The van der Waals surface area contributed by atoms with Crippen LogP contribution in [0.15, 0.2) is 54.9 Å². The SMILES string of the molecule is COc1cc(-n2c(C)nc3cc(C(=O)NCc4cccnc4)ccc32)cc(OC)c1OC. The summed E-state index contributed by atoms with van der Waals surface area (Å²) < 4.78 is 18.4. The van der Waals surface area contributed by atoms with E-state index in [1.54, 1.807) is 45.9 Å². The molecule has 0 radical (unpaired) electrons. The standard InChI is InChI=1S/C24H24N4O4/c1-15-27-19-10-17(24(29)26-14-16-6-5-9-25-13-16)7-8-20(19)28(15)18-11-21(30-2)23(32-4)22(12-18)31-3/h5-13H,14H2,1-4H3,(H,26,29). The molecule has 1 amide bonds. The van der Waals surface area contributed by atoms with E-state index in [0.717, 1.165) is 22.6 Å². The molecule has 0 unspecified atom stereocenters. The number of aryl methyl sites for hydroxylation is 1. The third-order valence-corrected chi connectivity index (χ3v) is 5.17. The molecule has 2 aromatic heterocycles. The van der Waals surface area contributed by atoms with Crippen molar-refractivity contribution in [3.05, 3.63) is 71.8 Å². The molecule has 4 rings (SSSR count). The summed E-state index contributed by atoms with van der Waals surface area (Å²) in [4.78, 5) is 21.4. The van der Waals surface area contributed by atoms with Crippen LogP contribution in [0.5, 0.6) is 17.2 Å². The molecule has 0 aliphatic heterocycles. The van der Waals surface area contributed by atoms with E-state index in [1.165, 1.54) is 0 Å². The Morgan fingerprint density at radius 2 is 1.78 bits per heavy atom. The molecule has 0 saturated heterocycles. The van der Waals surface area contributed by atoms with Crippen molar-refractivity contribution >= 4 is 16.9 Å². The van der Waals surface area contributed by atoms with E-state index in [1.807, 2.05) is 41.8 Å². The quantitative estimate of drug-likeness (QED) is 0.479. The van der Waals surface area contributed by atoms with E-state index in [0.29, 0.717) is 34.9 Å². The molecule has 1 N–H and O–H groups in total. The zero-order chi connectivity index (χ0) is 22.7. The monoisotopic (exact) mass is 432 g/mol. The normalized spacial score (nSPS) is 10.8. The number of imidazole rings is 1. The van der Waals surface area contributed by atoms with Gasteiger partial charge in [-0.15, -0.1) is 0 Å². The van der Waals surface area contributed by atoms with E-state index in [4.69, 9.17) is 14.2 Å². The van der Waals surface area contributed by atoms with E-state index in [2.05, 4.69) is 15.3 Å². The number of hydrogen-bond donors (Lipinski definition) is 1. The summed E-state index contributed by atoms with van der Waals surface area (Å²) in [6, 6.07) is 12.9. The molecular formula is C24H24N4O4. The van der Waals surface area contributed by atoms with Crippen molar-refractivity contribution in [3.63, 3.8) is 0 Å². The van der Waals surface area contributed by atoms with Crippen LogP contribution < -0.4 is 19.5 Å². The Labute approximate surface area is 185 Å². The minimum atomic E-state index is -0.171. The molecule has 2 aromatic carbocycles. The Morgan fingerprint density at radius 1 is 1.03 bits per heavy atom. The van der Waals surface area contributed by atoms with Gasteiger partial charge >= 0.3 is 0 Å². The van der Waals surface area contributed by atoms with Crippen LogP contribution in [-0.2, 0) is 6.54 Å². The highest BCUT2D eigenvalue weighted by Crippen LogP contribution is 2.40. The minimum absolute atomic E-state index is 0.171. The number of carbonyl (C=O) groups excluding carboxylic acids is 1. The van der Waals surface area contributed by atoms with Crippen LogP contribution in [0.1, 0.15) is 21.7 Å². The number of pyridine rings is 1. The summed E-state index contributed by atoms with van der Waals surface area (Å²) >= 11 is 0. The largest absolute Gasteiger partial charge is 0.493 e. The highest BCUT2D eigenvalue weighted by atomic mass is 16.5. The first kappa shape index (κ1) is 21.2. The highest BCUT2D eigenvalue weighted by Gasteiger charge is 2.18. The third-order valence-electron chi connectivity index (χ3n) is 5.17. The predicted octanol–water partition coefficient (Wildman–Crippen LogP) is 3.68. The molecule has 0 bridgehead atoms. The summed E-state index contributed by atoms with van der Waals surface area (Å²) in [6.45, 7) is 2.31. The molecule has 0 saturated carbocycles. The number of nitrogens with one attached hydrogen (secondary N) is 1. The fourth-order valence-electron chi connectivity index (χ4n) is 3.65. The van der Waals surface area contributed by atoms with Crippen molar-refractivity contribution in [2.45, 2.75) is 13.5 Å². The number of fused-ring (bicyclic) bond motifs is 1. The van der Waals surface area contributed by atoms with Crippen molar-refractivity contribution in [2.75, 3.05) is 21.3 Å². The lowest BCUT2D eigenvalue weighted by molar-refractivity contribution is 0.0951. The zero-order valence-electron chi connectivity index (χ0n) is 18.4. The predicted molar refractivity (Wildman–Crippen MR) is 121 cm³/mol. The second-order valence-corrected chi connectivity index (χ2v) is 7.13. The Bertz CT molecular complexity index is 1240. The Balaban J connectivity index is 1.68. The number of methoxy groups -OCH3 is 3. The van der Waals surface area contributed by atoms with Gasteiger partial charge in [-0.3, -0.25) is 14.3 Å². The van der Waals surface area contributed by atoms with E-state index in [9.17, 15) is 4.79 Å². The molecule has 8 nitrogen and oxygen atoms in total. The second kappa shape index (κ2) is 8.97. The maximum atomic E-state index is 12.6. The summed E-state index contributed by atoms with van der Waals surface area (Å²) in [5.74, 6) is 2.22. The summed E-state index contributed by atoms with van der Waals surface area (Å²) in [6.07, 6.45) is 3.43. The third kappa shape index (κ3) is 3.94. The van der Waals surface area contributed by atoms with Gasteiger partial charge in [-0.1, -0.05) is 6.07 Å². The average Bonchev–Trinajstić information content (AvgIpc) is 3.16. The first-order chi connectivity index (χ1) is 15.5. The van der Waals surface area contributed by atoms with Gasteiger partial charge in [-0.25, -0.2) is 4.98 Å². The van der Waals surface area contributed by atoms with Crippen LogP contribution in [0, 0.1) is 6.92 Å². The smallest absolute Gasteiger partial charge is 0.251 e. The maximum absolute atomic E-state index is 12.6. The van der Waals surface area contributed by atoms with E-state index >= 15 is 0 Å². The van der Waals surface area contributed by atoms with Gasteiger partial charge in [0.25, 0.3) is 5.91 Å². The number of amides is 1. The molecule has 0 fully saturated rings. The van der Waals surface area contributed by atoms with Crippen molar-refractivity contribution < 1.29 is 19.0 Å². The molecule has 0 atom stereocenters. The lowest BCUT2D eigenvalue weighted by atomic mass is 10.1. The van der Waals surface area contributed by atoms with Crippen LogP contribution in [-0.4, -0.2) is 41.8 Å². The lowest BCUT2D eigenvalue weighted by Crippen LogP contribution is -2.22. The van der Waals surface area contributed by atoms with Crippen LogP contribution >= 0.6 is 0 Å². The van der Waals surface area contributed by atoms with Gasteiger partial charge in [0.1, 0.15) is 5.82 Å².